The summed E-state index contributed by atoms with van der Waals surface area (Å²) in [6.45, 7) is 0. The third-order valence-electron chi connectivity index (χ3n) is 7.15. The zero-order valence-corrected chi connectivity index (χ0v) is 20.8. The number of alkyl halides is 3. The minimum atomic E-state index is -4.81. The van der Waals surface area contributed by atoms with E-state index >= 15 is 0 Å². The zero-order valence-electron chi connectivity index (χ0n) is 20.0. The first-order valence-corrected chi connectivity index (χ1v) is 13.1. The van der Waals surface area contributed by atoms with Crippen LogP contribution in [0.15, 0.2) is 78.2 Å². The van der Waals surface area contributed by atoms with E-state index in [1.54, 1.807) is 12.3 Å². The van der Waals surface area contributed by atoms with Crippen LogP contribution in [0.1, 0.15) is 30.4 Å². The number of halogens is 4. The molecule has 0 saturated carbocycles. The molecule has 1 aromatic carbocycles. The Kier molecular flexibility index (Phi) is 7.81. The van der Waals surface area contributed by atoms with Gasteiger partial charge in [-0.25, -0.2) is 4.39 Å². The highest BCUT2D eigenvalue weighted by molar-refractivity contribution is 7.99. The number of amides is 1. The van der Waals surface area contributed by atoms with Crippen molar-refractivity contribution in [3.63, 3.8) is 0 Å². The second kappa shape index (κ2) is 10.7. The van der Waals surface area contributed by atoms with Crippen LogP contribution in [0.2, 0.25) is 0 Å². The molecular weight excluding hydrogens is 504 g/mol. The third kappa shape index (κ3) is 5.60. The molecule has 37 heavy (non-hydrogen) atoms. The maximum absolute atomic E-state index is 14.4. The van der Waals surface area contributed by atoms with Crippen LogP contribution in [0.5, 0.6) is 0 Å². The first-order valence-electron chi connectivity index (χ1n) is 11.8. The third-order valence-corrected chi connectivity index (χ3v) is 8.15. The van der Waals surface area contributed by atoms with Crippen molar-refractivity contribution in [3.8, 4) is 6.07 Å². The molecule has 0 radical (unpaired) electrons. The highest BCUT2D eigenvalue weighted by atomic mass is 32.2. The van der Waals surface area contributed by atoms with Crippen LogP contribution >= 0.6 is 11.8 Å². The number of nitriles is 1. The average Bonchev–Trinajstić information content (AvgIpc) is 2.88. The fraction of sp³-hybridized carbons (Fsp3) is 0.357. The quantitative estimate of drug-likeness (QED) is 0.413. The van der Waals surface area contributed by atoms with Gasteiger partial charge >= 0.3 is 6.18 Å². The maximum Gasteiger partial charge on any atom is 0.417 e. The fourth-order valence-corrected chi connectivity index (χ4v) is 6.11. The van der Waals surface area contributed by atoms with Crippen molar-refractivity contribution < 1.29 is 27.5 Å². The first-order chi connectivity index (χ1) is 17.6. The summed E-state index contributed by atoms with van der Waals surface area (Å²) >= 11 is 1.34. The molecule has 4 nitrogen and oxygen atoms in total. The van der Waals surface area contributed by atoms with Gasteiger partial charge in [0.05, 0.1) is 17.2 Å². The predicted molar refractivity (Wildman–Crippen MR) is 136 cm³/mol. The summed E-state index contributed by atoms with van der Waals surface area (Å²) in [5.74, 6) is -2.67. The van der Waals surface area contributed by atoms with Gasteiger partial charge in [0.1, 0.15) is 5.83 Å². The van der Waals surface area contributed by atoms with Crippen molar-refractivity contribution in [2.75, 3.05) is 11.6 Å². The van der Waals surface area contributed by atoms with E-state index in [9.17, 15) is 27.5 Å². The molecule has 194 valence electrons. The lowest BCUT2D eigenvalue weighted by Gasteiger charge is -2.41. The number of allylic oxidation sites excluding steroid dienone is 8. The minimum Gasteiger partial charge on any atom is -0.379 e. The SMILES string of the molecule is CSC1C=CC(F)=CC1[C@@](O)(CC1C=CC=C2C=CCCC21)C(=O)Nc1ccc(C#N)c(C(F)(F)F)c1. The molecule has 4 unspecified atom stereocenters. The van der Waals surface area contributed by atoms with E-state index in [2.05, 4.69) is 11.4 Å². The van der Waals surface area contributed by atoms with Gasteiger partial charge in [-0.2, -0.15) is 30.2 Å². The summed E-state index contributed by atoms with van der Waals surface area (Å²) in [5, 5.41) is 23.1. The Morgan fingerprint density at radius 2 is 2.05 bits per heavy atom. The molecule has 3 aliphatic carbocycles. The van der Waals surface area contributed by atoms with Gasteiger partial charge in [0, 0.05) is 16.9 Å². The molecular formula is C28H26F4N2O2S. The number of hydrogen-bond donors (Lipinski definition) is 2. The van der Waals surface area contributed by atoms with Crippen molar-refractivity contribution in [2.45, 2.75) is 36.3 Å². The molecule has 0 saturated heterocycles. The number of thioether (sulfide) groups is 1. The maximum atomic E-state index is 14.4. The molecule has 1 amide bonds. The predicted octanol–water partition coefficient (Wildman–Crippen LogP) is 6.49. The smallest absolute Gasteiger partial charge is 0.379 e. The summed E-state index contributed by atoms with van der Waals surface area (Å²) in [6, 6.07) is 4.33. The van der Waals surface area contributed by atoms with Gasteiger partial charge in [-0.05, 0) is 73.3 Å². The van der Waals surface area contributed by atoms with Crippen LogP contribution in [0.3, 0.4) is 0 Å². The molecule has 0 bridgehead atoms. The van der Waals surface area contributed by atoms with Crippen molar-refractivity contribution >= 4 is 23.4 Å². The minimum absolute atomic E-state index is 0.0487. The summed E-state index contributed by atoms with van der Waals surface area (Å²) in [5.41, 5.74) is -3.05. The number of carbonyl (C=O) groups excluding carboxylic acids is 1. The Morgan fingerprint density at radius 1 is 1.27 bits per heavy atom. The van der Waals surface area contributed by atoms with Crippen LogP contribution in [0, 0.1) is 29.1 Å². The Balaban J connectivity index is 1.71. The Bertz CT molecular complexity index is 1260. The molecule has 5 atom stereocenters. The van der Waals surface area contributed by atoms with E-state index in [-0.39, 0.29) is 23.9 Å². The average molecular weight is 531 g/mol. The molecule has 0 heterocycles. The van der Waals surface area contributed by atoms with E-state index in [0.717, 1.165) is 24.5 Å². The summed E-state index contributed by atoms with van der Waals surface area (Å²) in [4.78, 5) is 13.7. The van der Waals surface area contributed by atoms with Gasteiger partial charge in [-0.3, -0.25) is 4.79 Å². The van der Waals surface area contributed by atoms with Gasteiger partial charge in [-0.1, -0.05) is 36.5 Å². The Morgan fingerprint density at radius 3 is 2.76 bits per heavy atom. The normalized spacial score (nSPS) is 26.4. The Labute approximate surface area is 217 Å². The summed E-state index contributed by atoms with van der Waals surface area (Å²) in [7, 11) is 0. The molecule has 0 spiro atoms. The second-order valence-corrected chi connectivity index (χ2v) is 10.4. The first kappa shape index (κ1) is 27.0. The number of fused-ring (bicyclic) bond motifs is 1. The summed E-state index contributed by atoms with van der Waals surface area (Å²) in [6.07, 6.45) is 12.5. The van der Waals surface area contributed by atoms with Gasteiger partial charge in [0.2, 0.25) is 0 Å². The monoisotopic (exact) mass is 530 g/mol. The molecule has 2 N–H and O–H groups in total. The molecule has 0 aromatic heterocycles. The molecule has 4 rings (SSSR count). The largest absolute Gasteiger partial charge is 0.417 e. The van der Waals surface area contributed by atoms with Crippen molar-refractivity contribution in [1.82, 2.24) is 0 Å². The number of anilines is 1. The number of carbonyl (C=O) groups is 1. The molecule has 0 fully saturated rings. The highest BCUT2D eigenvalue weighted by Gasteiger charge is 2.49. The molecule has 1 aromatic rings. The van der Waals surface area contributed by atoms with Crippen LogP contribution in [0.4, 0.5) is 23.2 Å². The van der Waals surface area contributed by atoms with E-state index in [4.69, 9.17) is 5.26 Å². The second-order valence-electron chi connectivity index (χ2n) is 9.39. The van der Waals surface area contributed by atoms with Crippen molar-refractivity contribution in [3.05, 3.63) is 89.3 Å². The number of nitrogens with one attached hydrogen (secondary N) is 1. The number of nitrogens with zero attached hydrogens (tertiary/aromatic N) is 1. The van der Waals surface area contributed by atoms with Crippen molar-refractivity contribution in [2.24, 2.45) is 17.8 Å². The molecule has 9 heteroatoms. The van der Waals surface area contributed by atoms with Crippen LogP contribution in [-0.2, 0) is 11.0 Å². The lowest BCUT2D eigenvalue weighted by atomic mass is 9.68. The Hall–Kier alpha value is -3.09. The lowest BCUT2D eigenvalue weighted by molar-refractivity contribution is -0.140. The summed E-state index contributed by atoms with van der Waals surface area (Å²) < 4.78 is 54.9. The topological polar surface area (TPSA) is 73.1 Å². The number of rotatable bonds is 6. The van der Waals surface area contributed by atoms with Gasteiger partial charge in [-0.15, -0.1) is 0 Å². The van der Waals surface area contributed by atoms with E-state index < -0.39 is 45.8 Å². The lowest BCUT2D eigenvalue weighted by Crippen LogP contribution is -2.53. The van der Waals surface area contributed by atoms with E-state index in [0.29, 0.717) is 6.07 Å². The standard InChI is InChI=1S/C28H26F4N2O2S/c1-37-25-12-10-20(29)13-24(25)27(36,15-18-7-4-6-17-5-2-3-8-22(17)18)26(35)34-21-11-9-19(16-33)23(14-21)28(30,31)32/h2,4-7,9-14,18,22,24-25,36H,3,8,15H2,1H3,(H,34,35)/t18?,22?,24?,25?,27-/m0/s1. The van der Waals surface area contributed by atoms with Gasteiger partial charge in [0.15, 0.2) is 5.60 Å². The fourth-order valence-electron chi connectivity index (χ4n) is 5.28. The zero-order chi connectivity index (χ0) is 26.8. The van der Waals surface area contributed by atoms with Crippen LogP contribution < -0.4 is 5.32 Å². The van der Waals surface area contributed by atoms with E-state index in [1.165, 1.54) is 36.0 Å². The van der Waals surface area contributed by atoms with Crippen LogP contribution in [-0.4, -0.2) is 28.1 Å². The van der Waals surface area contributed by atoms with Crippen molar-refractivity contribution in [1.29, 1.82) is 5.26 Å². The number of hydrogen-bond acceptors (Lipinski definition) is 4. The molecule has 3 aliphatic rings. The molecule has 0 aliphatic heterocycles. The van der Waals surface area contributed by atoms with Gasteiger partial charge in [0.25, 0.3) is 5.91 Å². The highest BCUT2D eigenvalue weighted by Crippen LogP contribution is 2.44. The number of aliphatic hydroxyl groups is 1. The van der Waals surface area contributed by atoms with Gasteiger partial charge < -0.3 is 10.4 Å². The number of benzene rings is 1. The van der Waals surface area contributed by atoms with E-state index in [1.807, 2.05) is 24.3 Å². The van der Waals surface area contributed by atoms with Crippen LogP contribution in [0.25, 0.3) is 0 Å².